The van der Waals surface area contributed by atoms with E-state index in [4.69, 9.17) is 12.2 Å². The summed E-state index contributed by atoms with van der Waals surface area (Å²) in [5.41, 5.74) is 3.06. The highest BCUT2D eigenvalue weighted by Gasteiger charge is 2.09. The molecule has 0 spiro atoms. The van der Waals surface area contributed by atoms with Crippen LogP contribution in [0.5, 0.6) is 0 Å². The Morgan fingerprint density at radius 2 is 1.71 bits per heavy atom. The Kier molecular flexibility index (Phi) is 2.72. The van der Waals surface area contributed by atoms with E-state index >= 15 is 0 Å². The molecule has 1 N–H and O–H groups in total. The molecule has 102 valence electrons. The summed E-state index contributed by atoms with van der Waals surface area (Å²) < 4.78 is 4.32. The van der Waals surface area contributed by atoms with Crippen molar-refractivity contribution in [3.63, 3.8) is 0 Å². The number of aromatic amines is 1. The largest absolute Gasteiger partial charge is 0.359 e. The minimum atomic E-state index is 0.644. The summed E-state index contributed by atoms with van der Waals surface area (Å²) in [6.07, 6.45) is 3.71. The van der Waals surface area contributed by atoms with Crippen LogP contribution in [0.3, 0.4) is 0 Å². The van der Waals surface area contributed by atoms with Crippen molar-refractivity contribution in [2.24, 2.45) is 0 Å². The van der Waals surface area contributed by atoms with E-state index in [1.807, 2.05) is 59.3 Å². The fraction of sp³-hybridized carbons (Fsp3) is 0. The summed E-state index contributed by atoms with van der Waals surface area (Å²) in [7, 11) is 0. The Hall–Kier alpha value is -2.66. The van der Waals surface area contributed by atoms with E-state index in [-0.39, 0.29) is 0 Å². The van der Waals surface area contributed by atoms with Gasteiger partial charge < -0.3 is 4.98 Å². The van der Waals surface area contributed by atoms with Crippen LogP contribution in [0.4, 0.5) is 0 Å². The molecule has 0 amide bonds. The van der Waals surface area contributed by atoms with Crippen LogP contribution >= 0.6 is 12.2 Å². The summed E-state index contributed by atoms with van der Waals surface area (Å²) in [5, 5.41) is 5.54. The maximum atomic E-state index is 5.57. The molecule has 0 radical (unpaired) electrons. The minimum Gasteiger partial charge on any atom is -0.359 e. The average Bonchev–Trinajstić information content (AvgIpc) is 3.11. The van der Waals surface area contributed by atoms with Crippen LogP contribution in [0.1, 0.15) is 0 Å². The molecule has 21 heavy (non-hydrogen) atoms. The van der Waals surface area contributed by atoms with Gasteiger partial charge in [0, 0.05) is 17.1 Å². The van der Waals surface area contributed by atoms with E-state index in [2.05, 4.69) is 16.1 Å². The lowest BCUT2D eigenvalue weighted by Gasteiger charge is -2.01. The summed E-state index contributed by atoms with van der Waals surface area (Å²) in [4.78, 5) is 3.26. The van der Waals surface area contributed by atoms with Crippen LogP contribution in [0, 0.1) is 4.77 Å². The lowest BCUT2D eigenvalue weighted by molar-refractivity contribution is 0.860. The smallest absolute Gasteiger partial charge is 0.207 e. The van der Waals surface area contributed by atoms with Crippen molar-refractivity contribution in [3.05, 3.63) is 71.9 Å². The van der Waals surface area contributed by atoms with E-state index < -0.39 is 0 Å². The van der Waals surface area contributed by atoms with Gasteiger partial charge in [-0.1, -0.05) is 36.4 Å². The normalized spacial score (nSPS) is 11.0. The van der Waals surface area contributed by atoms with Crippen molar-refractivity contribution in [2.45, 2.75) is 0 Å². The molecule has 0 saturated heterocycles. The Labute approximate surface area is 126 Å². The number of rotatable bonds is 2. The molecule has 0 saturated carbocycles. The lowest BCUT2D eigenvalue weighted by Crippen LogP contribution is -1.98. The fourth-order valence-corrected chi connectivity index (χ4v) is 2.77. The summed E-state index contributed by atoms with van der Waals surface area (Å²) in [6.45, 7) is 0. The van der Waals surface area contributed by atoms with E-state index in [9.17, 15) is 0 Å². The second-order valence-corrected chi connectivity index (χ2v) is 5.12. The van der Waals surface area contributed by atoms with Crippen LogP contribution in [-0.4, -0.2) is 19.3 Å². The van der Waals surface area contributed by atoms with Crippen molar-refractivity contribution in [1.82, 2.24) is 19.3 Å². The van der Waals surface area contributed by atoms with Gasteiger partial charge in [-0.2, -0.15) is 5.10 Å². The number of H-pyrrole nitrogens is 1. The van der Waals surface area contributed by atoms with Gasteiger partial charge in [-0.15, -0.1) is 0 Å². The van der Waals surface area contributed by atoms with Gasteiger partial charge in [-0.3, -0.25) is 4.57 Å². The molecule has 2 aromatic heterocycles. The topological polar surface area (TPSA) is 38.5 Å². The second kappa shape index (κ2) is 4.71. The Bertz CT molecular complexity index is 963. The number of nitrogens with one attached hydrogen (secondary N) is 1. The number of nitrogens with zero attached hydrogens (tertiary/aromatic N) is 3. The third-order valence-corrected chi connectivity index (χ3v) is 3.87. The molecule has 5 heteroatoms. The zero-order chi connectivity index (χ0) is 14.2. The predicted octanol–water partition coefficient (Wildman–Crippen LogP) is 3.87. The van der Waals surface area contributed by atoms with Crippen LogP contribution in [0.15, 0.2) is 67.1 Å². The van der Waals surface area contributed by atoms with Crippen molar-refractivity contribution in [1.29, 1.82) is 0 Å². The Morgan fingerprint density at radius 3 is 2.57 bits per heavy atom. The van der Waals surface area contributed by atoms with Crippen LogP contribution < -0.4 is 0 Å². The maximum Gasteiger partial charge on any atom is 0.207 e. The van der Waals surface area contributed by atoms with Gasteiger partial charge in [-0.05, 0) is 30.4 Å². The first-order valence-corrected chi connectivity index (χ1v) is 7.04. The van der Waals surface area contributed by atoms with Crippen molar-refractivity contribution >= 4 is 23.1 Å². The number of aromatic nitrogens is 4. The van der Waals surface area contributed by atoms with Gasteiger partial charge in [0.25, 0.3) is 0 Å². The van der Waals surface area contributed by atoms with E-state index in [1.54, 1.807) is 11.0 Å². The molecule has 4 rings (SSSR count). The van der Waals surface area contributed by atoms with E-state index in [1.165, 1.54) is 0 Å². The van der Waals surface area contributed by atoms with Gasteiger partial charge in [0.15, 0.2) is 0 Å². The van der Waals surface area contributed by atoms with Gasteiger partial charge in [0.1, 0.15) is 6.33 Å². The van der Waals surface area contributed by atoms with Crippen molar-refractivity contribution in [3.8, 4) is 11.4 Å². The highest BCUT2D eigenvalue weighted by atomic mass is 32.1. The second-order valence-electron chi connectivity index (χ2n) is 4.75. The van der Waals surface area contributed by atoms with Crippen molar-refractivity contribution in [2.75, 3.05) is 0 Å². The van der Waals surface area contributed by atoms with Crippen molar-refractivity contribution < 1.29 is 0 Å². The number of hydrogen-bond donors (Lipinski definition) is 1. The zero-order valence-electron chi connectivity index (χ0n) is 11.1. The number of fused-ring (bicyclic) bond motifs is 1. The standard InChI is InChI=1S/C16H12N4S/c21-16-19(11-18-20(16)12-6-2-1-3-7-12)15-10-17-14-9-5-4-8-13(14)15/h1-11,17H. The van der Waals surface area contributed by atoms with Crippen LogP contribution in [0.25, 0.3) is 22.3 Å². The quantitative estimate of drug-likeness (QED) is 0.569. The highest BCUT2D eigenvalue weighted by molar-refractivity contribution is 7.71. The van der Waals surface area contributed by atoms with Crippen LogP contribution in [-0.2, 0) is 0 Å². The first-order valence-electron chi connectivity index (χ1n) is 6.63. The molecule has 0 aliphatic rings. The molecule has 0 fully saturated rings. The lowest BCUT2D eigenvalue weighted by atomic mass is 10.2. The molecular formula is C16H12N4S. The minimum absolute atomic E-state index is 0.644. The monoisotopic (exact) mass is 292 g/mol. The predicted molar refractivity (Wildman–Crippen MR) is 85.6 cm³/mol. The molecule has 0 aliphatic carbocycles. The third-order valence-electron chi connectivity index (χ3n) is 3.50. The van der Waals surface area contributed by atoms with Gasteiger partial charge >= 0.3 is 0 Å². The molecule has 4 nitrogen and oxygen atoms in total. The molecule has 0 unspecified atom stereocenters. The van der Waals surface area contributed by atoms with Gasteiger partial charge in [0.2, 0.25) is 4.77 Å². The summed E-state index contributed by atoms with van der Waals surface area (Å²) in [5.74, 6) is 0. The summed E-state index contributed by atoms with van der Waals surface area (Å²) >= 11 is 5.57. The zero-order valence-corrected chi connectivity index (χ0v) is 11.9. The Morgan fingerprint density at radius 1 is 0.952 bits per heavy atom. The first kappa shape index (κ1) is 12.1. The van der Waals surface area contributed by atoms with Gasteiger partial charge in [0.05, 0.1) is 11.4 Å². The maximum absolute atomic E-state index is 5.57. The van der Waals surface area contributed by atoms with Crippen LogP contribution in [0.2, 0.25) is 0 Å². The van der Waals surface area contributed by atoms with E-state index in [0.29, 0.717) is 4.77 Å². The highest BCUT2D eigenvalue weighted by Crippen LogP contribution is 2.22. The fourth-order valence-electron chi connectivity index (χ4n) is 2.47. The number of para-hydroxylation sites is 2. The molecule has 2 aromatic carbocycles. The third kappa shape index (κ3) is 1.90. The molecule has 0 atom stereocenters. The first-order chi connectivity index (χ1) is 10.3. The van der Waals surface area contributed by atoms with Gasteiger partial charge in [-0.25, -0.2) is 4.68 Å². The molecule has 4 aromatic rings. The SMILES string of the molecule is S=c1n(-c2c[nH]c3ccccc23)cnn1-c1ccccc1. The van der Waals surface area contributed by atoms with E-state index in [0.717, 1.165) is 22.3 Å². The molecule has 2 heterocycles. The average molecular weight is 292 g/mol. The molecule has 0 aliphatic heterocycles. The molecule has 0 bridgehead atoms. The number of benzene rings is 2. The summed E-state index contributed by atoms with van der Waals surface area (Å²) in [6, 6.07) is 18.0. The Balaban J connectivity index is 1.92. The number of hydrogen-bond acceptors (Lipinski definition) is 2. The molecular weight excluding hydrogens is 280 g/mol.